The zero-order chi connectivity index (χ0) is 18.3. The topological polar surface area (TPSA) is 82.6 Å². The van der Waals surface area contributed by atoms with Crippen LogP contribution < -0.4 is 0 Å². The predicted octanol–water partition coefficient (Wildman–Crippen LogP) is -0.253. The summed E-state index contributed by atoms with van der Waals surface area (Å²) in [6.45, 7) is 8.98. The maximum absolute atomic E-state index is 12.5. The zero-order valence-electron chi connectivity index (χ0n) is 15.5. The van der Waals surface area contributed by atoms with Crippen molar-refractivity contribution >= 4 is 10.2 Å². The van der Waals surface area contributed by atoms with Crippen molar-refractivity contribution in [2.75, 3.05) is 65.6 Å². The Balaban J connectivity index is 1.67. The molecule has 1 N–H and O–H groups in total. The van der Waals surface area contributed by atoms with Crippen molar-refractivity contribution in [3.05, 3.63) is 0 Å². The summed E-state index contributed by atoms with van der Waals surface area (Å²) < 4.78 is 39.0. The summed E-state index contributed by atoms with van der Waals surface area (Å²) in [7, 11) is -3.36. The Bertz CT molecular complexity index is 472. The average molecular weight is 380 g/mol. The van der Waals surface area contributed by atoms with Gasteiger partial charge in [0.05, 0.1) is 25.4 Å². The number of rotatable bonds is 10. The molecule has 0 bridgehead atoms. The number of aliphatic hydroxyl groups is 1. The first-order valence-corrected chi connectivity index (χ1v) is 10.7. The van der Waals surface area contributed by atoms with Gasteiger partial charge in [0.1, 0.15) is 0 Å². The van der Waals surface area contributed by atoms with Crippen molar-refractivity contribution in [3.63, 3.8) is 0 Å². The summed E-state index contributed by atoms with van der Waals surface area (Å²) >= 11 is 0. The highest BCUT2D eigenvalue weighted by atomic mass is 32.2. The molecule has 25 heavy (non-hydrogen) atoms. The fourth-order valence-corrected chi connectivity index (χ4v) is 4.92. The number of hydrogen-bond donors (Lipinski definition) is 1. The maximum Gasteiger partial charge on any atom is 0.282 e. The number of ether oxygens (including phenoxy) is 2. The molecule has 2 fully saturated rings. The molecule has 0 aromatic rings. The quantitative estimate of drug-likeness (QED) is 0.564. The van der Waals surface area contributed by atoms with E-state index in [2.05, 4.69) is 4.90 Å². The van der Waals surface area contributed by atoms with Crippen molar-refractivity contribution in [1.29, 1.82) is 0 Å². The van der Waals surface area contributed by atoms with Gasteiger partial charge in [0.25, 0.3) is 10.2 Å². The monoisotopic (exact) mass is 379 g/mol. The second kappa shape index (κ2) is 10.1. The van der Waals surface area contributed by atoms with Crippen LogP contribution in [0.4, 0.5) is 0 Å². The molecule has 2 aliphatic heterocycles. The molecular weight excluding hydrogens is 346 g/mol. The van der Waals surface area contributed by atoms with E-state index in [9.17, 15) is 13.5 Å². The highest BCUT2D eigenvalue weighted by Gasteiger charge is 2.31. The molecular formula is C16H33N3O5S. The van der Waals surface area contributed by atoms with Crippen molar-refractivity contribution in [2.24, 2.45) is 0 Å². The number of nitrogens with zero attached hydrogens (tertiary/aromatic N) is 3. The van der Waals surface area contributed by atoms with Gasteiger partial charge in [-0.3, -0.25) is 4.90 Å². The van der Waals surface area contributed by atoms with Crippen LogP contribution in [0.5, 0.6) is 0 Å². The van der Waals surface area contributed by atoms with E-state index in [0.717, 1.165) is 19.4 Å². The molecule has 2 heterocycles. The third-order valence-corrected chi connectivity index (χ3v) is 6.98. The lowest BCUT2D eigenvalue weighted by Gasteiger charge is -2.36. The molecule has 8 nitrogen and oxygen atoms in total. The van der Waals surface area contributed by atoms with Crippen LogP contribution >= 0.6 is 0 Å². The van der Waals surface area contributed by atoms with Gasteiger partial charge < -0.3 is 14.6 Å². The summed E-state index contributed by atoms with van der Waals surface area (Å²) in [6, 6.07) is 0. The number of β-amino-alcohol motifs (C(OH)–C–C–N with tert-alkyl or cyclic N) is 1. The molecule has 2 atom stereocenters. The first kappa shape index (κ1) is 21.0. The van der Waals surface area contributed by atoms with E-state index in [-0.39, 0.29) is 12.7 Å². The Hall–Kier alpha value is -0.290. The van der Waals surface area contributed by atoms with E-state index in [1.807, 2.05) is 13.8 Å². The average Bonchev–Trinajstić information content (AvgIpc) is 3.09. The Morgan fingerprint density at radius 3 is 2.48 bits per heavy atom. The highest BCUT2D eigenvalue weighted by Crippen LogP contribution is 2.13. The molecule has 2 aliphatic rings. The maximum atomic E-state index is 12.5. The highest BCUT2D eigenvalue weighted by molar-refractivity contribution is 7.86. The first-order chi connectivity index (χ1) is 12.0. The van der Waals surface area contributed by atoms with E-state index in [4.69, 9.17) is 9.47 Å². The van der Waals surface area contributed by atoms with Crippen molar-refractivity contribution in [1.82, 2.24) is 13.5 Å². The Kier molecular flexibility index (Phi) is 8.53. The molecule has 0 radical (unpaired) electrons. The molecule has 0 saturated carbocycles. The van der Waals surface area contributed by atoms with Crippen molar-refractivity contribution < 1.29 is 23.0 Å². The molecule has 9 heteroatoms. The third-order valence-electron chi connectivity index (χ3n) is 4.80. The lowest BCUT2D eigenvalue weighted by Crippen LogP contribution is -2.54. The second-order valence-electron chi connectivity index (χ2n) is 6.62. The lowest BCUT2D eigenvalue weighted by molar-refractivity contribution is -0.0270. The van der Waals surface area contributed by atoms with E-state index in [0.29, 0.717) is 52.4 Å². The van der Waals surface area contributed by atoms with Crippen LogP contribution in [0.2, 0.25) is 0 Å². The molecule has 0 amide bonds. The van der Waals surface area contributed by atoms with Crippen LogP contribution in [-0.4, -0.2) is 105 Å². The van der Waals surface area contributed by atoms with E-state index < -0.39 is 16.3 Å². The van der Waals surface area contributed by atoms with Gasteiger partial charge in [-0.05, 0) is 12.8 Å². The fourth-order valence-electron chi connectivity index (χ4n) is 3.32. The Labute approximate surface area is 151 Å². The largest absolute Gasteiger partial charge is 0.389 e. The summed E-state index contributed by atoms with van der Waals surface area (Å²) in [5.41, 5.74) is 0. The van der Waals surface area contributed by atoms with Crippen molar-refractivity contribution in [2.45, 2.75) is 38.9 Å². The van der Waals surface area contributed by atoms with Crippen LogP contribution in [0.25, 0.3) is 0 Å². The van der Waals surface area contributed by atoms with Crippen LogP contribution in [-0.2, 0) is 19.7 Å². The standard InChI is InChI=1S/C16H33N3O5S/c1-3-18(4-2)25(21,22)19-9-7-17(8-10-19)12-15(20)13-23-14-16-6-5-11-24-16/h15-16,20H,3-14H2,1-2H3. The summed E-state index contributed by atoms with van der Waals surface area (Å²) in [6.07, 6.45) is 1.71. The van der Waals surface area contributed by atoms with Crippen molar-refractivity contribution in [3.8, 4) is 0 Å². The predicted molar refractivity (Wildman–Crippen MR) is 95.7 cm³/mol. The van der Waals surface area contributed by atoms with E-state index >= 15 is 0 Å². The zero-order valence-corrected chi connectivity index (χ0v) is 16.3. The van der Waals surface area contributed by atoms with Crippen LogP contribution in [0.3, 0.4) is 0 Å². The third kappa shape index (κ3) is 6.13. The number of piperazine rings is 1. The molecule has 2 saturated heterocycles. The van der Waals surface area contributed by atoms with Crippen LogP contribution in [0.1, 0.15) is 26.7 Å². The molecule has 0 spiro atoms. The molecule has 148 valence electrons. The van der Waals surface area contributed by atoms with Gasteiger partial charge in [-0.15, -0.1) is 0 Å². The Morgan fingerprint density at radius 1 is 1.24 bits per heavy atom. The molecule has 0 aromatic heterocycles. The molecule has 0 aliphatic carbocycles. The minimum Gasteiger partial charge on any atom is -0.389 e. The summed E-state index contributed by atoms with van der Waals surface area (Å²) in [4.78, 5) is 2.09. The first-order valence-electron chi connectivity index (χ1n) is 9.32. The normalized spacial score (nSPS) is 24.9. The number of aliphatic hydroxyl groups excluding tert-OH is 1. The Morgan fingerprint density at radius 2 is 1.92 bits per heavy atom. The van der Waals surface area contributed by atoms with Gasteiger partial charge in [0.2, 0.25) is 0 Å². The van der Waals surface area contributed by atoms with Gasteiger partial charge in [-0.25, -0.2) is 0 Å². The van der Waals surface area contributed by atoms with E-state index in [1.54, 1.807) is 0 Å². The van der Waals surface area contributed by atoms with Gasteiger partial charge >= 0.3 is 0 Å². The van der Waals surface area contributed by atoms with Crippen LogP contribution in [0.15, 0.2) is 0 Å². The SMILES string of the molecule is CCN(CC)S(=O)(=O)N1CCN(CC(O)COCC2CCCO2)CC1. The number of hydrogen-bond acceptors (Lipinski definition) is 6. The minimum absolute atomic E-state index is 0.168. The minimum atomic E-state index is -3.36. The van der Waals surface area contributed by atoms with Gasteiger partial charge in [-0.1, -0.05) is 13.8 Å². The van der Waals surface area contributed by atoms with Gasteiger partial charge in [0, 0.05) is 52.4 Å². The fraction of sp³-hybridized carbons (Fsp3) is 1.00. The smallest absolute Gasteiger partial charge is 0.282 e. The lowest BCUT2D eigenvalue weighted by atomic mass is 10.2. The summed E-state index contributed by atoms with van der Waals surface area (Å²) in [5, 5.41) is 10.1. The van der Waals surface area contributed by atoms with Gasteiger partial charge in [-0.2, -0.15) is 17.0 Å². The second-order valence-corrected chi connectivity index (χ2v) is 8.55. The van der Waals surface area contributed by atoms with Crippen LogP contribution in [0, 0.1) is 0 Å². The summed E-state index contributed by atoms with van der Waals surface area (Å²) in [5.74, 6) is 0. The van der Waals surface area contributed by atoms with E-state index in [1.165, 1.54) is 8.61 Å². The molecule has 2 rings (SSSR count). The van der Waals surface area contributed by atoms with Gasteiger partial charge in [0.15, 0.2) is 0 Å². The molecule has 2 unspecified atom stereocenters. The molecule has 0 aromatic carbocycles.